The van der Waals surface area contributed by atoms with Gasteiger partial charge in [0.25, 0.3) is 0 Å². The van der Waals surface area contributed by atoms with Gasteiger partial charge in [0.2, 0.25) is 5.91 Å². The van der Waals surface area contributed by atoms with E-state index >= 15 is 0 Å². The summed E-state index contributed by atoms with van der Waals surface area (Å²) in [5.74, 6) is 3.53. The predicted octanol–water partition coefficient (Wildman–Crippen LogP) is 4.34. The fraction of sp³-hybridized carbons (Fsp3) is 0.500. The molecule has 0 aliphatic heterocycles. The Morgan fingerprint density at radius 1 is 1.00 bits per heavy atom. The number of hydrazine groups is 1. The van der Waals surface area contributed by atoms with Gasteiger partial charge in [0.15, 0.2) is 9.84 Å². The van der Waals surface area contributed by atoms with Gasteiger partial charge in [0, 0.05) is 6.26 Å². The third-order valence-corrected chi connectivity index (χ3v) is 7.28. The highest BCUT2D eigenvalue weighted by atomic mass is 32.2. The lowest BCUT2D eigenvalue weighted by molar-refractivity contribution is -0.166. The molecular weight excluding hydrogens is 476 g/mol. The zero-order chi connectivity index (χ0) is 27.1. The van der Waals surface area contributed by atoms with Crippen molar-refractivity contribution >= 4 is 21.7 Å². The van der Waals surface area contributed by atoms with Gasteiger partial charge >= 0.3 is 5.97 Å². The van der Waals surface area contributed by atoms with Crippen LogP contribution in [-0.2, 0) is 36.0 Å². The number of nitrogens with two attached hydrogens (primary N) is 1. The number of carbonyl (C=O) groups is 2. The highest BCUT2D eigenvalue weighted by molar-refractivity contribution is 7.90. The first-order valence-electron chi connectivity index (χ1n) is 12.3. The first kappa shape index (κ1) is 29.5. The Morgan fingerprint density at radius 3 is 2.11 bits per heavy atom. The predicted molar refractivity (Wildman–Crippen MR) is 142 cm³/mol. The number of esters is 1. The van der Waals surface area contributed by atoms with E-state index in [1.54, 1.807) is 39.0 Å². The van der Waals surface area contributed by atoms with E-state index in [1.807, 2.05) is 44.2 Å². The van der Waals surface area contributed by atoms with Crippen LogP contribution in [0.1, 0.15) is 65.0 Å². The van der Waals surface area contributed by atoms with Crippen molar-refractivity contribution in [1.82, 2.24) is 5.43 Å². The second-order valence-corrected chi connectivity index (χ2v) is 12.8. The summed E-state index contributed by atoms with van der Waals surface area (Å²) in [4.78, 5) is 27.6. The van der Waals surface area contributed by atoms with Gasteiger partial charge in [0.1, 0.15) is 5.60 Å². The van der Waals surface area contributed by atoms with Crippen LogP contribution in [0.25, 0.3) is 0 Å². The van der Waals surface area contributed by atoms with Gasteiger partial charge in [0.05, 0.1) is 16.2 Å². The summed E-state index contributed by atoms with van der Waals surface area (Å²) in [6.07, 6.45) is 2.90. The summed E-state index contributed by atoms with van der Waals surface area (Å²) in [6.45, 7) is 9.16. The molecule has 0 radical (unpaired) electrons. The van der Waals surface area contributed by atoms with E-state index in [1.165, 1.54) is 6.07 Å². The van der Waals surface area contributed by atoms with E-state index in [0.717, 1.165) is 11.8 Å². The molecule has 198 valence electrons. The van der Waals surface area contributed by atoms with E-state index in [2.05, 4.69) is 5.43 Å². The molecule has 0 fully saturated rings. The van der Waals surface area contributed by atoms with Gasteiger partial charge < -0.3 is 4.74 Å². The van der Waals surface area contributed by atoms with Gasteiger partial charge in [-0.2, -0.15) is 0 Å². The molecule has 0 saturated heterocycles. The number of ether oxygens (including phenoxy) is 1. The highest BCUT2D eigenvalue weighted by Crippen LogP contribution is 2.45. The van der Waals surface area contributed by atoms with E-state index in [-0.39, 0.29) is 22.8 Å². The van der Waals surface area contributed by atoms with Crippen molar-refractivity contribution in [3.05, 3.63) is 65.7 Å². The largest absolute Gasteiger partial charge is 0.460 e. The van der Waals surface area contributed by atoms with Gasteiger partial charge in [-0.1, -0.05) is 62.4 Å². The van der Waals surface area contributed by atoms with Crippen molar-refractivity contribution in [2.24, 2.45) is 17.7 Å². The van der Waals surface area contributed by atoms with E-state index in [0.29, 0.717) is 19.3 Å². The number of hydrogen-bond donors (Lipinski definition) is 2. The molecule has 1 amide bonds. The smallest absolute Gasteiger partial charge is 0.310 e. The molecule has 0 bridgehead atoms. The molecule has 3 N–H and O–H groups in total. The maximum absolute atomic E-state index is 13.8. The SMILES string of the molecule is CC(C)C[C@](C(=O)NN)(c1ccccc1S(C)(=O)=O)[C@H](CCCc1ccccc1)C(=O)OC(C)(C)C. The van der Waals surface area contributed by atoms with Crippen LogP contribution in [0.4, 0.5) is 0 Å². The molecule has 0 unspecified atom stereocenters. The molecule has 7 nitrogen and oxygen atoms in total. The second-order valence-electron chi connectivity index (χ2n) is 10.8. The van der Waals surface area contributed by atoms with Crippen LogP contribution in [0.2, 0.25) is 0 Å². The lowest BCUT2D eigenvalue weighted by atomic mass is 9.63. The third-order valence-electron chi connectivity index (χ3n) is 6.12. The first-order valence-corrected chi connectivity index (χ1v) is 14.2. The van der Waals surface area contributed by atoms with Crippen LogP contribution in [0.3, 0.4) is 0 Å². The maximum atomic E-state index is 13.8. The number of nitrogens with one attached hydrogen (secondary N) is 1. The molecule has 2 aromatic rings. The Balaban J connectivity index is 2.76. The Morgan fingerprint density at radius 2 is 1.58 bits per heavy atom. The van der Waals surface area contributed by atoms with Crippen LogP contribution >= 0.6 is 0 Å². The van der Waals surface area contributed by atoms with Gasteiger partial charge in [-0.15, -0.1) is 0 Å². The number of sulfone groups is 1. The molecule has 2 rings (SSSR count). The fourth-order valence-corrected chi connectivity index (χ4v) is 5.81. The Labute approximate surface area is 215 Å². The Bertz CT molecular complexity index is 1140. The molecule has 8 heteroatoms. The number of rotatable bonds is 11. The maximum Gasteiger partial charge on any atom is 0.310 e. The summed E-state index contributed by atoms with van der Waals surface area (Å²) in [6, 6.07) is 16.2. The van der Waals surface area contributed by atoms with Crippen molar-refractivity contribution in [2.45, 2.75) is 76.2 Å². The molecule has 0 aliphatic carbocycles. The minimum atomic E-state index is -3.72. The van der Waals surface area contributed by atoms with E-state index in [9.17, 15) is 18.0 Å². The zero-order valence-corrected chi connectivity index (χ0v) is 23.0. The topological polar surface area (TPSA) is 116 Å². The van der Waals surface area contributed by atoms with Crippen LogP contribution in [0.15, 0.2) is 59.5 Å². The van der Waals surface area contributed by atoms with Crippen LogP contribution < -0.4 is 11.3 Å². The Kier molecular flexibility index (Phi) is 9.85. The minimum absolute atomic E-state index is 0.00543. The molecule has 0 aromatic heterocycles. The number of hydrogen-bond acceptors (Lipinski definition) is 6. The minimum Gasteiger partial charge on any atom is -0.460 e. The lowest BCUT2D eigenvalue weighted by Crippen LogP contribution is -2.55. The fourth-order valence-electron chi connectivity index (χ4n) is 4.84. The van der Waals surface area contributed by atoms with Crippen molar-refractivity contribution in [3.8, 4) is 0 Å². The molecular formula is C28H40N2O5S. The Hall–Kier alpha value is -2.71. The number of aryl methyl sites for hydroxylation is 1. The van der Waals surface area contributed by atoms with Crippen molar-refractivity contribution in [3.63, 3.8) is 0 Å². The third kappa shape index (κ3) is 7.40. The number of benzene rings is 2. The second kappa shape index (κ2) is 12.0. The molecule has 2 aromatic carbocycles. The number of amides is 1. The summed E-state index contributed by atoms with van der Waals surface area (Å²) in [7, 11) is -3.72. The quantitative estimate of drug-likeness (QED) is 0.199. The summed E-state index contributed by atoms with van der Waals surface area (Å²) >= 11 is 0. The van der Waals surface area contributed by atoms with Crippen LogP contribution in [-0.4, -0.2) is 32.2 Å². The molecule has 0 aliphatic rings. The monoisotopic (exact) mass is 516 g/mol. The van der Waals surface area contributed by atoms with Crippen LogP contribution in [0, 0.1) is 11.8 Å². The zero-order valence-electron chi connectivity index (χ0n) is 22.2. The normalized spacial score (nSPS) is 14.7. The van der Waals surface area contributed by atoms with Gasteiger partial charge in [-0.25, -0.2) is 14.3 Å². The number of carbonyl (C=O) groups excluding carboxylic acids is 2. The average molecular weight is 517 g/mol. The van der Waals surface area contributed by atoms with Crippen LogP contribution in [0.5, 0.6) is 0 Å². The standard InChI is InChI=1S/C28H40N2O5S/c1-20(2)19-28(26(32)30-29,22-16-10-11-18-24(22)36(6,33)34)23(25(31)35-27(3,4)5)17-12-15-21-13-8-7-9-14-21/h7-11,13-14,16,18,20,23H,12,15,17,19,29H2,1-6H3,(H,30,32)/t23-,28+/m1/s1. The summed E-state index contributed by atoms with van der Waals surface area (Å²) in [5, 5.41) is 0. The van der Waals surface area contributed by atoms with Crippen molar-refractivity contribution in [1.29, 1.82) is 0 Å². The van der Waals surface area contributed by atoms with E-state index < -0.39 is 38.6 Å². The van der Waals surface area contributed by atoms with E-state index in [4.69, 9.17) is 10.6 Å². The lowest BCUT2D eigenvalue weighted by Gasteiger charge is -2.41. The van der Waals surface area contributed by atoms with Gasteiger partial charge in [-0.05, 0) is 69.6 Å². The van der Waals surface area contributed by atoms with Crippen molar-refractivity contribution in [2.75, 3.05) is 6.26 Å². The molecule has 0 spiro atoms. The molecule has 2 atom stereocenters. The molecule has 0 heterocycles. The van der Waals surface area contributed by atoms with Gasteiger partial charge in [-0.3, -0.25) is 15.0 Å². The highest BCUT2D eigenvalue weighted by Gasteiger charge is 2.53. The van der Waals surface area contributed by atoms with Crippen molar-refractivity contribution < 1.29 is 22.7 Å². The summed E-state index contributed by atoms with van der Waals surface area (Å²) < 4.78 is 31.5. The summed E-state index contributed by atoms with van der Waals surface area (Å²) in [5.41, 5.74) is 1.27. The molecule has 36 heavy (non-hydrogen) atoms. The molecule has 0 saturated carbocycles. The first-order chi connectivity index (χ1) is 16.7. The average Bonchev–Trinajstić information content (AvgIpc) is 2.79.